The summed E-state index contributed by atoms with van der Waals surface area (Å²) < 4.78 is 1.10. The number of benzene rings is 1. The predicted octanol–water partition coefficient (Wildman–Crippen LogP) is 2.97. The van der Waals surface area contributed by atoms with Crippen LogP contribution < -0.4 is 5.32 Å². The van der Waals surface area contributed by atoms with Gasteiger partial charge in [-0.25, -0.2) is 0 Å². The van der Waals surface area contributed by atoms with Crippen LogP contribution in [0.4, 0.5) is 5.69 Å². The second-order valence-electron chi connectivity index (χ2n) is 2.50. The Labute approximate surface area is 95.6 Å². The Morgan fingerprint density at radius 3 is 2.77 bits per heavy atom. The van der Waals surface area contributed by atoms with E-state index >= 15 is 0 Å². The van der Waals surface area contributed by atoms with Crippen molar-refractivity contribution in [3.05, 3.63) is 21.8 Å². The molecule has 0 unspecified atom stereocenters. The minimum Gasteiger partial charge on any atom is -0.325 e. The van der Waals surface area contributed by atoms with E-state index in [0.717, 1.165) is 9.26 Å². The van der Waals surface area contributed by atoms with Crippen LogP contribution in [0.5, 0.6) is 0 Å². The number of halogens is 1. The van der Waals surface area contributed by atoms with Gasteiger partial charge in [0.15, 0.2) is 0 Å². The summed E-state index contributed by atoms with van der Waals surface area (Å²) in [7, 11) is 0. The lowest BCUT2D eigenvalue weighted by atomic mass is 10.3. The summed E-state index contributed by atoms with van der Waals surface area (Å²) >= 11 is 3.92. The molecule has 0 spiro atoms. The van der Waals surface area contributed by atoms with E-state index in [0.29, 0.717) is 0 Å². The van der Waals surface area contributed by atoms with Crippen molar-refractivity contribution in [2.75, 3.05) is 11.6 Å². The fraction of sp³-hybridized carbons (Fsp3) is 0.222. The van der Waals surface area contributed by atoms with E-state index in [9.17, 15) is 4.79 Å². The zero-order valence-electron chi connectivity index (χ0n) is 7.43. The SMILES string of the molecule is CSc1cccc(NC(C)=O)c1I. The average Bonchev–Trinajstić information content (AvgIpc) is 2.08. The highest BCUT2D eigenvalue weighted by Crippen LogP contribution is 2.28. The first-order chi connectivity index (χ1) is 6.15. The lowest BCUT2D eigenvalue weighted by Gasteiger charge is -2.07. The molecule has 70 valence electrons. The minimum atomic E-state index is -0.0313. The molecule has 0 radical (unpaired) electrons. The zero-order valence-corrected chi connectivity index (χ0v) is 10.4. The molecule has 0 atom stereocenters. The maximum absolute atomic E-state index is 10.8. The molecule has 1 rings (SSSR count). The van der Waals surface area contributed by atoms with E-state index in [-0.39, 0.29) is 5.91 Å². The van der Waals surface area contributed by atoms with Crippen LogP contribution >= 0.6 is 34.4 Å². The topological polar surface area (TPSA) is 29.1 Å². The summed E-state index contributed by atoms with van der Waals surface area (Å²) in [5, 5.41) is 2.79. The zero-order chi connectivity index (χ0) is 9.84. The van der Waals surface area contributed by atoms with Gasteiger partial charge in [-0.15, -0.1) is 11.8 Å². The van der Waals surface area contributed by atoms with Crippen molar-refractivity contribution in [3.63, 3.8) is 0 Å². The normalized spacial score (nSPS) is 9.77. The van der Waals surface area contributed by atoms with Crippen molar-refractivity contribution in [2.24, 2.45) is 0 Å². The highest BCUT2D eigenvalue weighted by atomic mass is 127. The summed E-state index contributed by atoms with van der Waals surface area (Å²) in [5.41, 5.74) is 0.889. The Morgan fingerprint density at radius 1 is 1.54 bits per heavy atom. The van der Waals surface area contributed by atoms with Crippen LogP contribution in [0.1, 0.15) is 6.92 Å². The molecule has 4 heteroatoms. The summed E-state index contributed by atoms with van der Waals surface area (Å²) in [6.45, 7) is 1.52. The number of hydrogen-bond acceptors (Lipinski definition) is 2. The molecular formula is C9H10INOS. The summed E-state index contributed by atoms with van der Waals surface area (Å²) in [5.74, 6) is -0.0313. The van der Waals surface area contributed by atoms with Crippen molar-refractivity contribution in [1.29, 1.82) is 0 Å². The van der Waals surface area contributed by atoms with Crippen LogP contribution in [0, 0.1) is 3.57 Å². The number of carbonyl (C=O) groups is 1. The van der Waals surface area contributed by atoms with Gasteiger partial charge < -0.3 is 5.32 Å². The summed E-state index contributed by atoms with van der Waals surface area (Å²) in [6, 6.07) is 5.89. The number of rotatable bonds is 2. The molecule has 1 aromatic carbocycles. The van der Waals surface area contributed by atoms with Gasteiger partial charge >= 0.3 is 0 Å². The number of hydrogen-bond donors (Lipinski definition) is 1. The van der Waals surface area contributed by atoms with Crippen molar-refractivity contribution in [1.82, 2.24) is 0 Å². The molecule has 1 N–H and O–H groups in total. The second kappa shape index (κ2) is 4.85. The maximum atomic E-state index is 10.8. The predicted molar refractivity (Wildman–Crippen MR) is 65.2 cm³/mol. The molecule has 1 aromatic rings. The fourth-order valence-electron chi connectivity index (χ4n) is 0.955. The van der Waals surface area contributed by atoms with Gasteiger partial charge in [0.25, 0.3) is 0 Å². The fourth-order valence-corrected chi connectivity index (χ4v) is 2.61. The molecule has 0 heterocycles. The first-order valence-electron chi connectivity index (χ1n) is 3.75. The van der Waals surface area contributed by atoms with Crippen LogP contribution in [0.15, 0.2) is 23.1 Å². The summed E-state index contributed by atoms with van der Waals surface area (Å²) in [6.07, 6.45) is 2.02. The molecule has 13 heavy (non-hydrogen) atoms. The molecule has 0 aliphatic carbocycles. The minimum absolute atomic E-state index is 0.0313. The highest BCUT2D eigenvalue weighted by Gasteiger charge is 2.04. The van der Waals surface area contributed by atoms with Crippen LogP contribution in [0.25, 0.3) is 0 Å². The Balaban J connectivity index is 3.01. The van der Waals surface area contributed by atoms with Gasteiger partial charge in [0, 0.05) is 11.8 Å². The number of carbonyl (C=O) groups excluding carboxylic acids is 1. The average molecular weight is 307 g/mol. The van der Waals surface area contributed by atoms with Gasteiger partial charge in [-0.05, 0) is 41.0 Å². The third-order valence-electron chi connectivity index (χ3n) is 1.49. The standard InChI is InChI=1S/C9H10INOS/c1-6(12)11-7-4-3-5-8(13-2)9(7)10/h3-5H,1-2H3,(H,11,12). The molecule has 0 saturated carbocycles. The Kier molecular flexibility index (Phi) is 4.05. The highest BCUT2D eigenvalue weighted by molar-refractivity contribution is 14.1. The molecular weight excluding hydrogens is 297 g/mol. The van der Waals surface area contributed by atoms with E-state index in [1.165, 1.54) is 11.8 Å². The van der Waals surface area contributed by atoms with Crippen LogP contribution in [0.2, 0.25) is 0 Å². The van der Waals surface area contributed by atoms with Crippen molar-refractivity contribution in [3.8, 4) is 0 Å². The van der Waals surface area contributed by atoms with Crippen LogP contribution in [-0.4, -0.2) is 12.2 Å². The smallest absolute Gasteiger partial charge is 0.221 e. The summed E-state index contributed by atoms with van der Waals surface area (Å²) in [4.78, 5) is 12.0. The second-order valence-corrected chi connectivity index (χ2v) is 4.43. The lowest BCUT2D eigenvalue weighted by molar-refractivity contribution is -0.114. The molecule has 0 aromatic heterocycles. The van der Waals surface area contributed by atoms with Crippen LogP contribution in [-0.2, 0) is 4.79 Å². The number of amides is 1. The molecule has 0 fully saturated rings. The monoisotopic (exact) mass is 307 g/mol. The van der Waals surface area contributed by atoms with Gasteiger partial charge in [0.05, 0.1) is 9.26 Å². The first kappa shape index (κ1) is 10.8. The molecule has 0 bridgehead atoms. The molecule has 0 aliphatic heterocycles. The van der Waals surface area contributed by atoms with Gasteiger partial charge in [0.1, 0.15) is 0 Å². The lowest BCUT2D eigenvalue weighted by Crippen LogP contribution is -2.07. The Bertz CT molecular complexity index is 327. The van der Waals surface area contributed by atoms with E-state index in [2.05, 4.69) is 27.9 Å². The molecule has 1 amide bonds. The van der Waals surface area contributed by atoms with Gasteiger partial charge in [-0.3, -0.25) is 4.79 Å². The number of nitrogens with one attached hydrogen (secondary N) is 1. The number of thioether (sulfide) groups is 1. The van der Waals surface area contributed by atoms with E-state index < -0.39 is 0 Å². The Morgan fingerprint density at radius 2 is 2.23 bits per heavy atom. The quantitative estimate of drug-likeness (QED) is 0.672. The molecule has 0 saturated heterocycles. The molecule has 0 aliphatic rings. The van der Waals surface area contributed by atoms with Crippen LogP contribution in [0.3, 0.4) is 0 Å². The van der Waals surface area contributed by atoms with Crippen molar-refractivity contribution >= 4 is 45.9 Å². The third kappa shape index (κ3) is 2.87. The van der Waals surface area contributed by atoms with E-state index in [1.54, 1.807) is 11.8 Å². The largest absolute Gasteiger partial charge is 0.325 e. The van der Waals surface area contributed by atoms with Crippen molar-refractivity contribution in [2.45, 2.75) is 11.8 Å². The third-order valence-corrected chi connectivity index (χ3v) is 3.80. The molecule has 2 nitrogen and oxygen atoms in total. The van der Waals surface area contributed by atoms with Gasteiger partial charge in [-0.1, -0.05) is 6.07 Å². The maximum Gasteiger partial charge on any atom is 0.221 e. The number of anilines is 1. The van der Waals surface area contributed by atoms with Gasteiger partial charge in [-0.2, -0.15) is 0 Å². The van der Waals surface area contributed by atoms with E-state index in [1.807, 2.05) is 24.5 Å². The Hall–Kier alpha value is -0.230. The van der Waals surface area contributed by atoms with Crippen molar-refractivity contribution < 1.29 is 4.79 Å². The first-order valence-corrected chi connectivity index (χ1v) is 6.05. The van der Waals surface area contributed by atoms with Gasteiger partial charge in [0.2, 0.25) is 5.91 Å². The van der Waals surface area contributed by atoms with E-state index in [4.69, 9.17) is 0 Å².